The van der Waals surface area contributed by atoms with Crippen molar-refractivity contribution in [3.63, 3.8) is 0 Å². The molecule has 0 fully saturated rings. The van der Waals surface area contributed by atoms with Gasteiger partial charge in [-0.3, -0.25) is 5.10 Å². The molecule has 0 aliphatic rings. The van der Waals surface area contributed by atoms with Crippen LogP contribution in [0.1, 0.15) is 12.5 Å². The molecule has 2 aromatic heterocycles. The molecule has 1 aromatic carbocycles. The number of nitrogens with one attached hydrogen (secondary N) is 1. The van der Waals surface area contributed by atoms with Crippen molar-refractivity contribution in [1.82, 2.24) is 19.7 Å². The largest absolute Gasteiger partial charge is 0.323 e. The molecule has 3 aromatic rings. The second-order valence-electron chi connectivity index (χ2n) is 3.95. The zero-order chi connectivity index (χ0) is 12.5. The lowest BCUT2D eigenvalue weighted by Gasteiger charge is -2.02. The molecule has 2 heterocycles. The van der Waals surface area contributed by atoms with Crippen LogP contribution in [0.3, 0.4) is 0 Å². The SMILES string of the molecule is CCn1c(-c2cc[nH]n2)nc2cc(C#N)ccc21. The number of H-pyrrole nitrogens is 1. The molecule has 0 saturated heterocycles. The molecule has 0 aliphatic heterocycles. The molecular formula is C13H11N5. The number of nitriles is 1. The first-order valence-electron chi connectivity index (χ1n) is 5.74. The van der Waals surface area contributed by atoms with Gasteiger partial charge in [0.25, 0.3) is 0 Å². The molecule has 0 atom stereocenters. The van der Waals surface area contributed by atoms with Crippen molar-refractivity contribution in [2.75, 3.05) is 0 Å². The van der Waals surface area contributed by atoms with Gasteiger partial charge in [0.15, 0.2) is 5.82 Å². The highest BCUT2D eigenvalue weighted by Gasteiger charge is 2.13. The van der Waals surface area contributed by atoms with E-state index in [0.29, 0.717) is 5.56 Å². The Bertz CT molecular complexity index is 731. The summed E-state index contributed by atoms with van der Waals surface area (Å²) in [5.74, 6) is 0.823. The van der Waals surface area contributed by atoms with Crippen molar-refractivity contribution < 1.29 is 0 Å². The molecule has 18 heavy (non-hydrogen) atoms. The maximum Gasteiger partial charge on any atom is 0.161 e. The standard InChI is InChI=1S/C13H11N5/c1-2-18-12-4-3-9(8-14)7-11(12)16-13(18)10-5-6-15-17-10/h3-7H,2H2,1H3,(H,15,17). The molecule has 0 saturated carbocycles. The Kier molecular flexibility index (Phi) is 2.34. The van der Waals surface area contributed by atoms with Gasteiger partial charge in [0.1, 0.15) is 5.69 Å². The normalized spacial score (nSPS) is 10.7. The number of nitrogens with zero attached hydrogens (tertiary/aromatic N) is 4. The van der Waals surface area contributed by atoms with Crippen molar-refractivity contribution in [1.29, 1.82) is 5.26 Å². The van der Waals surface area contributed by atoms with Crippen LogP contribution in [-0.2, 0) is 6.54 Å². The fourth-order valence-electron chi connectivity index (χ4n) is 2.10. The molecule has 3 rings (SSSR count). The average Bonchev–Trinajstić information content (AvgIpc) is 3.04. The summed E-state index contributed by atoms with van der Waals surface area (Å²) in [5.41, 5.74) is 3.28. The van der Waals surface area contributed by atoms with Crippen LogP contribution in [0.25, 0.3) is 22.6 Å². The Morgan fingerprint density at radius 3 is 2.94 bits per heavy atom. The molecule has 5 nitrogen and oxygen atoms in total. The first-order valence-corrected chi connectivity index (χ1v) is 5.74. The van der Waals surface area contributed by atoms with Gasteiger partial charge in [-0.15, -0.1) is 0 Å². The molecule has 88 valence electrons. The van der Waals surface area contributed by atoms with Gasteiger partial charge in [0.05, 0.1) is 22.7 Å². The summed E-state index contributed by atoms with van der Waals surface area (Å²) in [7, 11) is 0. The summed E-state index contributed by atoms with van der Waals surface area (Å²) in [6.07, 6.45) is 1.77. The summed E-state index contributed by atoms with van der Waals surface area (Å²) >= 11 is 0. The topological polar surface area (TPSA) is 70.3 Å². The zero-order valence-corrected chi connectivity index (χ0v) is 9.88. The van der Waals surface area contributed by atoms with E-state index in [1.807, 2.05) is 18.2 Å². The first kappa shape index (κ1) is 10.5. The molecule has 0 aliphatic carbocycles. The van der Waals surface area contributed by atoms with E-state index in [2.05, 4.69) is 32.7 Å². The molecule has 0 radical (unpaired) electrons. The number of aryl methyl sites for hydroxylation is 1. The van der Waals surface area contributed by atoms with E-state index in [4.69, 9.17) is 5.26 Å². The molecule has 0 amide bonds. The number of aromatic nitrogens is 4. The predicted octanol–water partition coefficient (Wildman–Crippen LogP) is 2.32. The Labute approximate surface area is 104 Å². The number of benzene rings is 1. The third-order valence-corrected chi connectivity index (χ3v) is 2.92. The Balaban J connectivity index is 2.30. The van der Waals surface area contributed by atoms with Crippen LogP contribution < -0.4 is 0 Å². The Hall–Kier alpha value is -2.61. The van der Waals surface area contributed by atoms with Gasteiger partial charge in [-0.05, 0) is 31.2 Å². The highest BCUT2D eigenvalue weighted by molar-refractivity contribution is 5.81. The number of rotatable bonds is 2. The van der Waals surface area contributed by atoms with Gasteiger partial charge in [0.2, 0.25) is 0 Å². The van der Waals surface area contributed by atoms with Crippen molar-refractivity contribution in [3.8, 4) is 17.6 Å². The highest BCUT2D eigenvalue weighted by atomic mass is 15.2. The zero-order valence-electron chi connectivity index (χ0n) is 9.88. The number of hydrogen-bond donors (Lipinski definition) is 1. The summed E-state index contributed by atoms with van der Waals surface area (Å²) < 4.78 is 2.09. The van der Waals surface area contributed by atoms with Gasteiger partial charge in [-0.1, -0.05) is 0 Å². The van der Waals surface area contributed by atoms with E-state index in [-0.39, 0.29) is 0 Å². The fraction of sp³-hybridized carbons (Fsp3) is 0.154. The summed E-state index contributed by atoms with van der Waals surface area (Å²) in [4.78, 5) is 4.56. The maximum absolute atomic E-state index is 8.91. The average molecular weight is 237 g/mol. The minimum atomic E-state index is 0.622. The van der Waals surface area contributed by atoms with Gasteiger partial charge in [0, 0.05) is 12.7 Å². The maximum atomic E-state index is 8.91. The monoisotopic (exact) mass is 237 g/mol. The summed E-state index contributed by atoms with van der Waals surface area (Å²) in [6, 6.07) is 9.56. The van der Waals surface area contributed by atoms with Crippen LogP contribution in [0.5, 0.6) is 0 Å². The lowest BCUT2D eigenvalue weighted by molar-refractivity contribution is 0.792. The number of hydrogen-bond acceptors (Lipinski definition) is 3. The minimum absolute atomic E-state index is 0.622. The molecule has 5 heteroatoms. The van der Waals surface area contributed by atoms with E-state index in [1.54, 1.807) is 12.3 Å². The highest BCUT2D eigenvalue weighted by Crippen LogP contribution is 2.23. The van der Waals surface area contributed by atoms with E-state index >= 15 is 0 Å². The van der Waals surface area contributed by atoms with Crippen LogP contribution in [0, 0.1) is 11.3 Å². The van der Waals surface area contributed by atoms with Crippen LogP contribution >= 0.6 is 0 Å². The van der Waals surface area contributed by atoms with Crippen LogP contribution in [0.4, 0.5) is 0 Å². The second-order valence-corrected chi connectivity index (χ2v) is 3.95. The lowest BCUT2D eigenvalue weighted by atomic mass is 10.2. The Morgan fingerprint density at radius 2 is 2.28 bits per heavy atom. The third kappa shape index (κ3) is 1.47. The number of fused-ring (bicyclic) bond motifs is 1. The van der Waals surface area contributed by atoms with Crippen LogP contribution in [0.2, 0.25) is 0 Å². The first-order chi connectivity index (χ1) is 8.83. The van der Waals surface area contributed by atoms with E-state index in [0.717, 1.165) is 29.1 Å². The number of imidazole rings is 1. The summed E-state index contributed by atoms with van der Waals surface area (Å²) in [5, 5.41) is 15.9. The fourth-order valence-corrected chi connectivity index (χ4v) is 2.10. The van der Waals surface area contributed by atoms with Crippen LogP contribution in [-0.4, -0.2) is 19.7 Å². The molecule has 1 N–H and O–H groups in total. The van der Waals surface area contributed by atoms with Crippen molar-refractivity contribution in [2.45, 2.75) is 13.5 Å². The third-order valence-electron chi connectivity index (χ3n) is 2.92. The van der Waals surface area contributed by atoms with Gasteiger partial charge < -0.3 is 4.57 Å². The summed E-state index contributed by atoms with van der Waals surface area (Å²) in [6.45, 7) is 2.88. The second kappa shape index (κ2) is 4.00. The van der Waals surface area contributed by atoms with Gasteiger partial charge in [-0.2, -0.15) is 10.4 Å². The van der Waals surface area contributed by atoms with Crippen molar-refractivity contribution >= 4 is 11.0 Å². The predicted molar refractivity (Wildman–Crippen MR) is 67.7 cm³/mol. The van der Waals surface area contributed by atoms with Crippen LogP contribution in [0.15, 0.2) is 30.5 Å². The molecule has 0 bridgehead atoms. The lowest BCUT2D eigenvalue weighted by Crippen LogP contribution is -1.97. The van der Waals surface area contributed by atoms with E-state index in [1.165, 1.54) is 0 Å². The number of aromatic amines is 1. The quantitative estimate of drug-likeness (QED) is 0.743. The van der Waals surface area contributed by atoms with Crippen molar-refractivity contribution in [3.05, 3.63) is 36.0 Å². The van der Waals surface area contributed by atoms with E-state index in [9.17, 15) is 0 Å². The van der Waals surface area contributed by atoms with E-state index < -0.39 is 0 Å². The molecule has 0 unspecified atom stereocenters. The van der Waals surface area contributed by atoms with Gasteiger partial charge in [-0.25, -0.2) is 4.98 Å². The van der Waals surface area contributed by atoms with Crippen molar-refractivity contribution in [2.24, 2.45) is 0 Å². The molecule has 0 spiro atoms. The van der Waals surface area contributed by atoms with Gasteiger partial charge >= 0.3 is 0 Å². The minimum Gasteiger partial charge on any atom is -0.323 e. The smallest absolute Gasteiger partial charge is 0.161 e. The Morgan fingerprint density at radius 1 is 1.39 bits per heavy atom. The molecular weight excluding hydrogens is 226 g/mol.